The second-order valence-electron chi connectivity index (χ2n) is 8.15. The predicted octanol–water partition coefficient (Wildman–Crippen LogP) is 4.86. The van der Waals surface area contributed by atoms with Crippen molar-refractivity contribution in [1.29, 1.82) is 0 Å². The number of anilines is 1. The zero-order chi connectivity index (χ0) is 23.4. The number of aryl methyl sites for hydroxylation is 3. The van der Waals surface area contributed by atoms with E-state index in [1.807, 2.05) is 64.1 Å². The number of amides is 2. The summed E-state index contributed by atoms with van der Waals surface area (Å²) in [5, 5.41) is 2.87. The molecule has 5 heteroatoms. The van der Waals surface area contributed by atoms with Crippen LogP contribution in [-0.4, -0.2) is 36.1 Å². The van der Waals surface area contributed by atoms with Crippen molar-refractivity contribution >= 4 is 23.3 Å². The number of ketones is 1. The van der Waals surface area contributed by atoms with Crippen LogP contribution < -0.4 is 5.32 Å². The summed E-state index contributed by atoms with van der Waals surface area (Å²) in [6.45, 7) is 7.59. The van der Waals surface area contributed by atoms with Crippen LogP contribution in [0.3, 0.4) is 0 Å². The molecular formula is C27H28N2O3. The molecule has 3 aromatic rings. The van der Waals surface area contributed by atoms with Crippen LogP contribution >= 0.6 is 0 Å². The molecule has 0 unspecified atom stereocenters. The molecule has 0 radical (unpaired) electrons. The van der Waals surface area contributed by atoms with Crippen molar-refractivity contribution in [2.45, 2.75) is 27.7 Å². The third-order valence-electron chi connectivity index (χ3n) is 5.65. The Morgan fingerprint density at radius 3 is 2.19 bits per heavy atom. The molecule has 0 fully saturated rings. The molecule has 0 spiro atoms. The highest BCUT2D eigenvalue weighted by molar-refractivity contribution is 6.16. The van der Waals surface area contributed by atoms with Crippen LogP contribution in [0.15, 0.2) is 60.7 Å². The van der Waals surface area contributed by atoms with Gasteiger partial charge in [-0.2, -0.15) is 0 Å². The van der Waals surface area contributed by atoms with E-state index >= 15 is 0 Å². The minimum absolute atomic E-state index is 0.127. The summed E-state index contributed by atoms with van der Waals surface area (Å²) in [6, 6.07) is 18.1. The minimum Gasteiger partial charge on any atom is -0.332 e. The van der Waals surface area contributed by atoms with Crippen LogP contribution in [0.25, 0.3) is 0 Å². The van der Waals surface area contributed by atoms with Crippen LogP contribution in [-0.2, 0) is 4.79 Å². The number of nitrogens with one attached hydrogen (secondary N) is 1. The van der Waals surface area contributed by atoms with Gasteiger partial charge in [0.25, 0.3) is 5.91 Å². The van der Waals surface area contributed by atoms with Gasteiger partial charge in [-0.1, -0.05) is 48.0 Å². The number of hydrogen-bond donors (Lipinski definition) is 1. The van der Waals surface area contributed by atoms with Gasteiger partial charge in [0.05, 0.1) is 12.1 Å². The van der Waals surface area contributed by atoms with Gasteiger partial charge in [0.1, 0.15) is 0 Å². The monoisotopic (exact) mass is 428 g/mol. The Kier molecular flexibility index (Phi) is 6.89. The summed E-state index contributed by atoms with van der Waals surface area (Å²) in [7, 11) is 1.56. The fourth-order valence-corrected chi connectivity index (χ4v) is 3.56. The lowest BCUT2D eigenvalue weighted by molar-refractivity contribution is -0.116. The molecule has 0 heterocycles. The third-order valence-corrected chi connectivity index (χ3v) is 5.65. The summed E-state index contributed by atoms with van der Waals surface area (Å²) >= 11 is 0. The normalized spacial score (nSPS) is 10.5. The maximum atomic E-state index is 13.2. The Balaban J connectivity index is 1.80. The predicted molar refractivity (Wildman–Crippen MR) is 127 cm³/mol. The Labute approximate surface area is 189 Å². The first-order chi connectivity index (χ1) is 15.2. The van der Waals surface area contributed by atoms with Crippen molar-refractivity contribution in [1.82, 2.24) is 4.90 Å². The van der Waals surface area contributed by atoms with Gasteiger partial charge in [-0.05, 0) is 62.6 Å². The van der Waals surface area contributed by atoms with E-state index in [1.54, 1.807) is 31.3 Å². The second-order valence-corrected chi connectivity index (χ2v) is 8.15. The molecule has 0 aliphatic carbocycles. The Morgan fingerprint density at radius 1 is 0.781 bits per heavy atom. The van der Waals surface area contributed by atoms with Crippen LogP contribution in [0.4, 0.5) is 5.69 Å². The van der Waals surface area contributed by atoms with Gasteiger partial charge in [0.2, 0.25) is 5.91 Å². The van der Waals surface area contributed by atoms with Gasteiger partial charge in [-0.15, -0.1) is 0 Å². The van der Waals surface area contributed by atoms with Crippen LogP contribution in [0.5, 0.6) is 0 Å². The molecule has 0 aliphatic heterocycles. The van der Waals surface area contributed by atoms with E-state index in [0.29, 0.717) is 11.1 Å². The highest BCUT2D eigenvalue weighted by Crippen LogP contribution is 2.21. The van der Waals surface area contributed by atoms with Crippen molar-refractivity contribution in [3.05, 3.63) is 99.6 Å². The average molecular weight is 429 g/mol. The molecule has 0 saturated carbocycles. The lowest BCUT2D eigenvalue weighted by Crippen LogP contribution is -2.35. The van der Waals surface area contributed by atoms with Crippen LogP contribution in [0.2, 0.25) is 0 Å². The highest BCUT2D eigenvalue weighted by atomic mass is 16.2. The molecule has 0 saturated heterocycles. The quantitative estimate of drug-likeness (QED) is 0.570. The van der Waals surface area contributed by atoms with Crippen molar-refractivity contribution in [3.8, 4) is 0 Å². The van der Waals surface area contributed by atoms with Gasteiger partial charge < -0.3 is 10.2 Å². The number of rotatable bonds is 6. The Morgan fingerprint density at radius 2 is 1.47 bits per heavy atom. The Bertz CT molecular complexity index is 1200. The average Bonchev–Trinajstić information content (AvgIpc) is 2.77. The van der Waals surface area contributed by atoms with E-state index < -0.39 is 0 Å². The van der Waals surface area contributed by atoms with E-state index in [-0.39, 0.29) is 29.7 Å². The molecule has 2 amide bonds. The van der Waals surface area contributed by atoms with Gasteiger partial charge in [-0.25, -0.2) is 0 Å². The van der Waals surface area contributed by atoms with Crippen molar-refractivity contribution in [3.63, 3.8) is 0 Å². The minimum atomic E-state index is -0.379. The summed E-state index contributed by atoms with van der Waals surface area (Å²) in [4.78, 5) is 40.3. The summed E-state index contributed by atoms with van der Waals surface area (Å²) in [5.74, 6) is -0.883. The maximum Gasteiger partial charge on any atom is 0.254 e. The van der Waals surface area contributed by atoms with Gasteiger partial charge in [0.15, 0.2) is 5.78 Å². The van der Waals surface area contributed by atoms with Crippen molar-refractivity contribution in [2.75, 3.05) is 18.9 Å². The first-order valence-electron chi connectivity index (χ1n) is 10.5. The number of hydrogen-bond acceptors (Lipinski definition) is 3. The maximum absolute atomic E-state index is 13.2. The lowest BCUT2D eigenvalue weighted by atomic mass is 9.94. The number of benzene rings is 3. The zero-order valence-electron chi connectivity index (χ0n) is 19.2. The number of carbonyl (C=O) groups is 3. The third kappa shape index (κ3) is 4.94. The molecule has 3 rings (SSSR count). The van der Waals surface area contributed by atoms with Crippen molar-refractivity contribution in [2.24, 2.45) is 0 Å². The second kappa shape index (κ2) is 9.60. The first-order valence-corrected chi connectivity index (χ1v) is 10.5. The molecular weight excluding hydrogens is 400 g/mol. The summed E-state index contributed by atoms with van der Waals surface area (Å²) in [6.07, 6.45) is 0. The first kappa shape index (κ1) is 22.9. The van der Waals surface area contributed by atoms with E-state index in [1.165, 1.54) is 4.90 Å². The SMILES string of the molecule is Cc1ccc(C)c(C(=O)c2ccccc2C(=O)N(C)CC(=O)Nc2cccc(C)c2C)c1. The summed E-state index contributed by atoms with van der Waals surface area (Å²) in [5.41, 5.74) is 5.79. The standard InChI is InChI=1S/C27H28N2O3/c1-17-13-14-19(3)23(15-17)26(31)21-10-6-7-11-22(21)27(32)29(5)16-25(30)28-24-12-8-9-18(2)20(24)4/h6-15H,16H2,1-5H3,(H,28,30). The fourth-order valence-electron chi connectivity index (χ4n) is 3.56. The van der Waals surface area contributed by atoms with E-state index in [9.17, 15) is 14.4 Å². The van der Waals surface area contributed by atoms with Gasteiger partial charge in [0, 0.05) is 23.9 Å². The molecule has 0 bridgehead atoms. The molecule has 0 aromatic heterocycles. The van der Waals surface area contributed by atoms with Gasteiger partial charge >= 0.3 is 0 Å². The summed E-state index contributed by atoms with van der Waals surface area (Å²) < 4.78 is 0. The molecule has 32 heavy (non-hydrogen) atoms. The molecule has 164 valence electrons. The smallest absolute Gasteiger partial charge is 0.254 e. The number of likely N-dealkylation sites (N-methyl/N-ethyl adjacent to an activating group) is 1. The van der Waals surface area contributed by atoms with Crippen LogP contribution in [0.1, 0.15) is 48.5 Å². The molecule has 1 N–H and O–H groups in total. The fraction of sp³-hybridized carbons (Fsp3) is 0.222. The molecule has 3 aromatic carbocycles. The molecule has 0 atom stereocenters. The van der Waals surface area contributed by atoms with Crippen molar-refractivity contribution < 1.29 is 14.4 Å². The highest BCUT2D eigenvalue weighted by Gasteiger charge is 2.23. The largest absolute Gasteiger partial charge is 0.332 e. The van der Waals surface area contributed by atoms with E-state index in [4.69, 9.17) is 0 Å². The van der Waals surface area contributed by atoms with E-state index in [2.05, 4.69) is 5.32 Å². The molecule has 0 aliphatic rings. The molecule has 5 nitrogen and oxygen atoms in total. The van der Waals surface area contributed by atoms with Gasteiger partial charge in [-0.3, -0.25) is 14.4 Å². The number of nitrogens with zero attached hydrogens (tertiary/aromatic N) is 1. The Hall–Kier alpha value is -3.73. The zero-order valence-corrected chi connectivity index (χ0v) is 19.2. The van der Waals surface area contributed by atoms with Crippen LogP contribution in [0, 0.1) is 27.7 Å². The number of carbonyl (C=O) groups excluding carboxylic acids is 3. The van der Waals surface area contributed by atoms with E-state index in [0.717, 1.165) is 27.9 Å². The lowest BCUT2D eigenvalue weighted by Gasteiger charge is -2.19. The topological polar surface area (TPSA) is 66.5 Å².